The fourth-order valence-electron chi connectivity index (χ4n) is 2.32. The molecule has 0 aliphatic heterocycles. The summed E-state index contributed by atoms with van der Waals surface area (Å²) in [6, 6.07) is 3.69. The van der Waals surface area contributed by atoms with Gasteiger partial charge in [0.2, 0.25) is 5.82 Å². The third-order valence-electron chi connectivity index (χ3n) is 3.51. The minimum absolute atomic E-state index is 0.126. The van der Waals surface area contributed by atoms with Crippen LogP contribution in [0.3, 0.4) is 0 Å². The van der Waals surface area contributed by atoms with Gasteiger partial charge in [-0.1, -0.05) is 41.0 Å². The fraction of sp³-hybridized carbons (Fsp3) is 0.579. The van der Waals surface area contributed by atoms with Crippen LogP contribution in [0.25, 0.3) is 0 Å². The van der Waals surface area contributed by atoms with Gasteiger partial charge in [0.15, 0.2) is 5.82 Å². The fourth-order valence-corrected chi connectivity index (χ4v) is 2.32. The van der Waals surface area contributed by atoms with E-state index in [9.17, 15) is 4.79 Å². The Morgan fingerprint density at radius 3 is 2.50 bits per heavy atom. The van der Waals surface area contributed by atoms with E-state index in [2.05, 4.69) is 65.4 Å². The summed E-state index contributed by atoms with van der Waals surface area (Å²) in [6.07, 6.45) is 4.89. The van der Waals surface area contributed by atoms with Gasteiger partial charge >= 0.3 is 0 Å². The lowest BCUT2D eigenvalue weighted by Crippen LogP contribution is -2.20. The smallest absolute Gasteiger partial charge is 0.288 e. The average molecular weight is 361 g/mol. The zero-order valence-electron chi connectivity index (χ0n) is 16.8. The van der Waals surface area contributed by atoms with Crippen molar-refractivity contribution in [2.75, 3.05) is 12.4 Å². The first-order chi connectivity index (χ1) is 12.4. The molecule has 1 unspecified atom stereocenters. The molecule has 2 aromatic rings. The lowest BCUT2D eigenvalue weighted by Gasteiger charge is -2.10. The summed E-state index contributed by atoms with van der Waals surface area (Å²) in [5.41, 5.74) is 1.12. The maximum absolute atomic E-state index is 11.5. The number of aromatic nitrogens is 4. The Bertz CT molecular complexity index is 665. The molecule has 7 nitrogen and oxygen atoms in total. The van der Waals surface area contributed by atoms with Crippen LogP contribution in [0, 0.1) is 5.92 Å². The molecule has 1 atom stereocenters. The van der Waals surface area contributed by atoms with E-state index in [1.807, 2.05) is 6.07 Å². The number of amides is 1. The molecule has 26 heavy (non-hydrogen) atoms. The van der Waals surface area contributed by atoms with E-state index < -0.39 is 0 Å². The zero-order chi connectivity index (χ0) is 19.5. The van der Waals surface area contributed by atoms with Crippen molar-refractivity contribution in [2.24, 2.45) is 5.92 Å². The van der Waals surface area contributed by atoms with Crippen LogP contribution in [0.2, 0.25) is 0 Å². The molecule has 144 valence electrons. The quantitative estimate of drug-likeness (QED) is 0.686. The first kappa shape index (κ1) is 21.6. The van der Waals surface area contributed by atoms with Crippen molar-refractivity contribution in [3.05, 3.63) is 29.8 Å². The minimum Gasteiger partial charge on any atom is -0.352 e. The molecule has 0 fully saturated rings. The Morgan fingerprint density at radius 1 is 1.23 bits per heavy atom. The van der Waals surface area contributed by atoms with Crippen LogP contribution in [0.4, 0.5) is 11.6 Å². The van der Waals surface area contributed by atoms with Crippen molar-refractivity contribution in [3.63, 3.8) is 0 Å². The molecule has 0 radical (unpaired) electrons. The Morgan fingerprint density at radius 2 is 1.92 bits per heavy atom. The van der Waals surface area contributed by atoms with Crippen molar-refractivity contribution < 1.29 is 4.79 Å². The Hall–Kier alpha value is -2.44. The van der Waals surface area contributed by atoms with E-state index in [-0.39, 0.29) is 11.7 Å². The summed E-state index contributed by atoms with van der Waals surface area (Å²) in [4.78, 5) is 19.6. The number of hydrogen-bond acceptors (Lipinski definition) is 5. The van der Waals surface area contributed by atoms with Crippen LogP contribution in [-0.2, 0) is 0 Å². The van der Waals surface area contributed by atoms with Gasteiger partial charge < -0.3 is 10.6 Å². The predicted octanol–water partition coefficient (Wildman–Crippen LogP) is 4.26. The number of nitrogens with zero attached hydrogens (tertiary/aromatic N) is 3. The monoisotopic (exact) mass is 360 g/mol. The first-order valence-corrected chi connectivity index (χ1v) is 9.28. The third kappa shape index (κ3) is 7.21. The highest BCUT2D eigenvalue weighted by molar-refractivity contribution is 5.90. The molecule has 7 heteroatoms. The Kier molecular flexibility index (Phi) is 9.33. The molecule has 2 aromatic heterocycles. The van der Waals surface area contributed by atoms with Crippen molar-refractivity contribution in [1.29, 1.82) is 0 Å². The molecule has 2 rings (SSSR count). The molecule has 0 aliphatic rings. The highest BCUT2D eigenvalue weighted by Gasteiger charge is 2.13. The molecule has 2 heterocycles. The van der Waals surface area contributed by atoms with Crippen LogP contribution in [-0.4, -0.2) is 33.1 Å². The number of H-pyrrole nitrogens is 1. The lowest BCUT2D eigenvalue weighted by atomic mass is 9.97. The van der Waals surface area contributed by atoms with Gasteiger partial charge in [-0.25, -0.2) is 9.97 Å². The van der Waals surface area contributed by atoms with Gasteiger partial charge in [0.1, 0.15) is 5.82 Å². The molecule has 1 amide bonds. The Labute approximate surface area is 156 Å². The molecule has 0 spiro atoms. The van der Waals surface area contributed by atoms with Crippen molar-refractivity contribution >= 4 is 17.5 Å². The second-order valence-electron chi connectivity index (χ2n) is 6.80. The summed E-state index contributed by atoms with van der Waals surface area (Å²) in [6.45, 7) is 10.9. The lowest BCUT2D eigenvalue weighted by molar-refractivity contribution is 0.0953. The van der Waals surface area contributed by atoms with Crippen molar-refractivity contribution in [2.45, 2.75) is 59.8 Å². The SMILES string of the molecule is CC(C)C.CCCC(CC)c1cc(Nc2ccnc(C(=O)NC)n2)n[nH]1. The molecule has 0 aliphatic carbocycles. The number of carbonyl (C=O) groups is 1. The maximum atomic E-state index is 11.5. The van der Waals surface area contributed by atoms with Gasteiger partial charge in [0, 0.05) is 30.9 Å². The topological polar surface area (TPSA) is 95.6 Å². The number of hydrogen-bond donors (Lipinski definition) is 3. The van der Waals surface area contributed by atoms with E-state index in [1.165, 1.54) is 0 Å². The number of rotatable bonds is 7. The molecular weight excluding hydrogens is 328 g/mol. The van der Waals surface area contributed by atoms with Crippen molar-refractivity contribution in [3.8, 4) is 0 Å². The second kappa shape index (κ2) is 11.2. The van der Waals surface area contributed by atoms with Gasteiger partial charge in [-0.2, -0.15) is 5.10 Å². The van der Waals surface area contributed by atoms with Gasteiger partial charge in [-0.3, -0.25) is 9.89 Å². The normalized spacial score (nSPS) is 11.5. The van der Waals surface area contributed by atoms with E-state index in [0.717, 1.165) is 30.9 Å². The molecule has 0 saturated carbocycles. The van der Waals surface area contributed by atoms with E-state index in [1.54, 1.807) is 19.3 Å². The second-order valence-corrected chi connectivity index (χ2v) is 6.80. The number of aromatic amines is 1. The predicted molar refractivity (Wildman–Crippen MR) is 106 cm³/mol. The van der Waals surface area contributed by atoms with Crippen LogP contribution in [0.1, 0.15) is 76.1 Å². The third-order valence-corrected chi connectivity index (χ3v) is 3.51. The number of carbonyl (C=O) groups excluding carboxylic acids is 1. The summed E-state index contributed by atoms with van der Waals surface area (Å²) in [5, 5.41) is 12.9. The molecule has 0 aromatic carbocycles. The molecule has 0 saturated heterocycles. The molecule has 0 bridgehead atoms. The summed E-state index contributed by atoms with van der Waals surface area (Å²) in [7, 11) is 1.55. The standard InChI is InChI=1S/C15H22N6O.C4H10/c1-4-6-10(5-2)11-9-13(21-20-11)18-12-7-8-17-14(19-12)15(22)16-3;1-4(2)3/h7-10H,4-6H2,1-3H3,(H,16,22)(H2,17,18,19,20,21);4H,1-3H3. The van der Waals surface area contributed by atoms with Crippen molar-refractivity contribution in [1.82, 2.24) is 25.5 Å². The first-order valence-electron chi connectivity index (χ1n) is 9.28. The van der Waals surface area contributed by atoms with E-state index in [4.69, 9.17) is 0 Å². The average Bonchev–Trinajstić information content (AvgIpc) is 3.07. The maximum Gasteiger partial charge on any atom is 0.288 e. The summed E-state index contributed by atoms with van der Waals surface area (Å²) >= 11 is 0. The van der Waals surface area contributed by atoms with Gasteiger partial charge in [0.25, 0.3) is 5.91 Å². The summed E-state index contributed by atoms with van der Waals surface area (Å²) in [5.74, 6) is 2.35. The molecule has 3 N–H and O–H groups in total. The van der Waals surface area contributed by atoms with Crippen LogP contribution < -0.4 is 10.6 Å². The largest absolute Gasteiger partial charge is 0.352 e. The van der Waals surface area contributed by atoms with Gasteiger partial charge in [0.05, 0.1) is 0 Å². The Balaban J connectivity index is 0.000000765. The van der Waals surface area contributed by atoms with E-state index >= 15 is 0 Å². The number of nitrogens with one attached hydrogen (secondary N) is 3. The van der Waals surface area contributed by atoms with Gasteiger partial charge in [-0.05, 0) is 24.8 Å². The van der Waals surface area contributed by atoms with E-state index in [0.29, 0.717) is 17.6 Å². The minimum atomic E-state index is -0.319. The highest BCUT2D eigenvalue weighted by Crippen LogP contribution is 2.25. The summed E-state index contributed by atoms with van der Waals surface area (Å²) < 4.78 is 0. The van der Waals surface area contributed by atoms with Crippen LogP contribution in [0.5, 0.6) is 0 Å². The van der Waals surface area contributed by atoms with Gasteiger partial charge in [-0.15, -0.1) is 0 Å². The zero-order valence-corrected chi connectivity index (χ0v) is 16.8. The number of anilines is 2. The molecular formula is C19H32N6O. The van der Waals surface area contributed by atoms with Crippen LogP contribution in [0.15, 0.2) is 18.3 Å². The van der Waals surface area contributed by atoms with Crippen LogP contribution >= 0.6 is 0 Å². The highest BCUT2D eigenvalue weighted by atomic mass is 16.2.